The lowest BCUT2D eigenvalue weighted by Crippen LogP contribution is -2.15. The van der Waals surface area contributed by atoms with Crippen LogP contribution in [-0.2, 0) is 6.54 Å². The first-order valence-electron chi connectivity index (χ1n) is 6.51. The Labute approximate surface area is 113 Å². The molecule has 0 radical (unpaired) electrons. The molecule has 2 aromatic rings. The summed E-state index contributed by atoms with van der Waals surface area (Å²) in [5, 5.41) is 14.5. The van der Waals surface area contributed by atoms with Crippen molar-refractivity contribution in [1.82, 2.24) is 5.32 Å². The van der Waals surface area contributed by atoms with Gasteiger partial charge in [-0.3, -0.25) is 0 Å². The molecule has 0 amide bonds. The van der Waals surface area contributed by atoms with Crippen LogP contribution in [0.5, 0.6) is 5.75 Å². The molecule has 19 heavy (non-hydrogen) atoms. The molecule has 98 valence electrons. The molecule has 2 aromatic carbocycles. The molecule has 0 saturated carbocycles. The molecule has 1 N–H and O–H groups in total. The zero-order chi connectivity index (χ0) is 13.7. The second kappa shape index (κ2) is 6.21. The van der Waals surface area contributed by atoms with Crippen LogP contribution in [-0.4, -0.2) is 13.2 Å². The maximum Gasteiger partial charge on any atom is 0.184 e. The highest BCUT2D eigenvalue weighted by Gasteiger charge is 2.12. The SMILES string of the molecule is CCC(C#N)Oc1ccc2ccccc2c1CNC. The van der Waals surface area contributed by atoms with Gasteiger partial charge in [-0.2, -0.15) is 5.26 Å². The number of nitrogens with one attached hydrogen (secondary N) is 1. The predicted octanol–water partition coefficient (Wildman–Crippen LogP) is 3.24. The van der Waals surface area contributed by atoms with Gasteiger partial charge in [0.1, 0.15) is 11.8 Å². The lowest BCUT2D eigenvalue weighted by molar-refractivity contribution is 0.249. The van der Waals surface area contributed by atoms with E-state index < -0.39 is 6.10 Å². The average molecular weight is 254 g/mol. The van der Waals surface area contributed by atoms with Crippen LogP contribution in [0.2, 0.25) is 0 Å². The first-order valence-corrected chi connectivity index (χ1v) is 6.51. The molecular formula is C16H18N2O. The maximum atomic E-state index is 9.03. The van der Waals surface area contributed by atoms with Gasteiger partial charge in [0.15, 0.2) is 6.10 Å². The molecule has 0 fully saturated rings. The summed E-state index contributed by atoms with van der Waals surface area (Å²) in [6.45, 7) is 2.67. The summed E-state index contributed by atoms with van der Waals surface area (Å²) in [7, 11) is 1.91. The van der Waals surface area contributed by atoms with Crippen molar-refractivity contribution < 1.29 is 4.74 Å². The van der Waals surface area contributed by atoms with Crippen molar-refractivity contribution in [3.8, 4) is 11.8 Å². The number of nitrogens with zero attached hydrogens (tertiary/aromatic N) is 1. The van der Waals surface area contributed by atoms with Gasteiger partial charge in [-0.05, 0) is 30.3 Å². The van der Waals surface area contributed by atoms with E-state index in [9.17, 15) is 0 Å². The summed E-state index contributed by atoms with van der Waals surface area (Å²) in [5.41, 5.74) is 1.11. The number of nitriles is 1. The fourth-order valence-corrected chi connectivity index (χ4v) is 2.14. The second-order valence-electron chi connectivity index (χ2n) is 4.44. The molecule has 0 aliphatic carbocycles. The van der Waals surface area contributed by atoms with E-state index in [4.69, 9.17) is 10.00 Å². The van der Waals surface area contributed by atoms with E-state index in [1.165, 1.54) is 10.8 Å². The van der Waals surface area contributed by atoms with Gasteiger partial charge >= 0.3 is 0 Å². The monoisotopic (exact) mass is 254 g/mol. The van der Waals surface area contributed by atoms with Gasteiger partial charge in [0.25, 0.3) is 0 Å². The lowest BCUT2D eigenvalue weighted by Gasteiger charge is -2.16. The van der Waals surface area contributed by atoms with E-state index in [1.54, 1.807) is 0 Å². The summed E-state index contributed by atoms with van der Waals surface area (Å²) in [6.07, 6.45) is 0.291. The minimum absolute atomic E-state index is 0.392. The van der Waals surface area contributed by atoms with Crippen LogP contribution >= 0.6 is 0 Å². The number of fused-ring (bicyclic) bond motifs is 1. The molecule has 0 heterocycles. The number of ether oxygens (including phenoxy) is 1. The molecule has 0 saturated heterocycles. The zero-order valence-electron chi connectivity index (χ0n) is 11.3. The Morgan fingerprint density at radius 2 is 2.05 bits per heavy atom. The Kier molecular flexibility index (Phi) is 4.38. The molecule has 3 nitrogen and oxygen atoms in total. The van der Waals surface area contributed by atoms with Crippen molar-refractivity contribution in [3.63, 3.8) is 0 Å². The molecular weight excluding hydrogens is 236 g/mol. The van der Waals surface area contributed by atoms with E-state index >= 15 is 0 Å². The molecule has 1 atom stereocenters. The van der Waals surface area contributed by atoms with E-state index in [0.29, 0.717) is 6.42 Å². The van der Waals surface area contributed by atoms with Crippen molar-refractivity contribution in [2.45, 2.75) is 26.0 Å². The summed E-state index contributed by atoms with van der Waals surface area (Å²) >= 11 is 0. The van der Waals surface area contributed by atoms with Gasteiger partial charge < -0.3 is 10.1 Å². The predicted molar refractivity (Wildman–Crippen MR) is 77.0 cm³/mol. The molecule has 2 rings (SSSR count). The van der Waals surface area contributed by atoms with E-state index in [1.807, 2.05) is 38.2 Å². The van der Waals surface area contributed by atoms with Crippen LogP contribution in [0.3, 0.4) is 0 Å². The Balaban J connectivity index is 2.48. The molecule has 1 unspecified atom stereocenters. The highest BCUT2D eigenvalue weighted by molar-refractivity contribution is 5.87. The normalized spacial score (nSPS) is 12.1. The van der Waals surface area contributed by atoms with Gasteiger partial charge in [0.05, 0.1) is 0 Å². The Morgan fingerprint density at radius 1 is 1.26 bits per heavy atom. The topological polar surface area (TPSA) is 45.0 Å². The highest BCUT2D eigenvalue weighted by Crippen LogP contribution is 2.29. The molecule has 0 aliphatic heterocycles. The first-order chi connectivity index (χ1) is 9.30. The third-order valence-electron chi connectivity index (χ3n) is 3.14. The fraction of sp³-hybridized carbons (Fsp3) is 0.312. The van der Waals surface area contributed by atoms with Crippen LogP contribution in [0.1, 0.15) is 18.9 Å². The van der Waals surface area contributed by atoms with Crippen LogP contribution < -0.4 is 10.1 Å². The Morgan fingerprint density at radius 3 is 2.74 bits per heavy atom. The third-order valence-corrected chi connectivity index (χ3v) is 3.14. The van der Waals surface area contributed by atoms with Gasteiger partial charge in [-0.25, -0.2) is 0 Å². The molecule has 0 aromatic heterocycles. The molecule has 0 aliphatic rings. The highest BCUT2D eigenvalue weighted by atomic mass is 16.5. The van der Waals surface area contributed by atoms with E-state index in [0.717, 1.165) is 17.9 Å². The quantitative estimate of drug-likeness (QED) is 0.891. The third kappa shape index (κ3) is 2.86. The Bertz CT molecular complexity index is 601. The summed E-state index contributed by atoms with van der Waals surface area (Å²) in [4.78, 5) is 0. The van der Waals surface area contributed by atoms with Crippen LogP contribution in [0.15, 0.2) is 36.4 Å². The standard InChI is InChI=1S/C16H18N2O/c1-3-13(10-17)19-16-9-8-12-6-4-5-7-14(12)15(16)11-18-2/h4-9,13,18H,3,11H2,1-2H3. The molecule has 0 bridgehead atoms. The smallest absolute Gasteiger partial charge is 0.184 e. The van der Waals surface area contributed by atoms with Gasteiger partial charge in [-0.15, -0.1) is 0 Å². The summed E-state index contributed by atoms with van der Waals surface area (Å²) in [6, 6.07) is 14.4. The van der Waals surface area contributed by atoms with Crippen molar-refractivity contribution in [2.24, 2.45) is 0 Å². The summed E-state index contributed by atoms with van der Waals surface area (Å²) in [5.74, 6) is 0.793. The fourth-order valence-electron chi connectivity index (χ4n) is 2.14. The summed E-state index contributed by atoms with van der Waals surface area (Å²) < 4.78 is 5.80. The second-order valence-corrected chi connectivity index (χ2v) is 4.44. The van der Waals surface area contributed by atoms with Crippen LogP contribution in [0, 0.1) is 11.3 Å². The maximum absolute atomic E-state index is 9.03. The number of rotatable bonds is 5. The largest absolute Gasteiger partial charge is 0.475 e. The zero-order valence-corrected chi connectivity index (χ0v) is 11.3. The number of hydrogen-bond donors (Lipinski definition) is 1. The van der Waals surface area contributed by atoms with Crippen molar-refractivity contribution in [3.05, 3.63) is 42.0 Å². The first kappa shape index (κ1) is 13.4. The molecule has 0 spiro atoms. The average Bonchev–Trinajstić information content (AvgIpc) is 2.46. The van der Waals surface area contributed by atoms with E-state index in [2.05, 4.69) is 23.5 Å². The van der Waals surface area contributed by atoms with Crippen LogP contribution in [0.25, 0.3) is 10.8 Å². The van der Waals surface area contributed by atoms with Crippen molar-refractivity contribution in [2.75, 3.05) is 7.05 Å². The van der Waals surface area contributed by atoms with Gasteiger partial charge in [-0.1, -0.05) is 37.3 Å². The van der Waals surface area contributed by atoms with Gasteiger partial charge in [0.2, 0.25) is 0 Å². The minimum Gasteiger partial charge on any atom is -0.475 e. The lowest BCUT2D eigenvalue weighted by atomic mass is 10.0. The van der Waals surface area contributed by atoms with Crippen molar-refractivity contribution in [1.29, 1.82) is 5.26 Å². The number of hydrogen-bond acceptors (Lipinski definition) is 3. The van der Waals surface area contributed by atoms with Crippen LogP contribution in [0.4, 0.5) is 0 Å². The van der Waals surface area contributed by atoms with Gasteiger partial charge in [0, 0.05) is 12.1 Å². The van der Waals surface area contributed by atoms with E-state index in [-0.39, 0.29) is 0 Å². The minimum atomic E-state index is -0.392. The van der Waals surface area contributed by atoms with Crippen molar-refractivity contribution >= 4 is 10.8 Å². The Hall–Kier alpha value is -2.05. The molecule has 3 heteroatoms. The number of benzene rings is 2.